The molecule has 1 amide bonds. The lowest BCUT2D eigenvalue weighted by Crippen LogP contribution is -2.53. The number of carbonyl (C=O) groups is 1. The third-order valence-electron chi connectivity index (χ3n) is 5.78. The zero-order chi connectivity index (χ0) is 18.9. The van der Waals surface area contributed by atoms with E-state index in [-0.39, 0.29) is 11.5 Å². The summed E-state index contributed by atoms with van der Waals surface area (Å²) in [5, 5.41) is 3.54. The maximum atomic E-state index is 13.5. The number of carbonyl (C=O) groups excluding carboxylic acids is 1. The lowest BCUT2D eigenvalue weighted by atomic mass is 9.94. The van der Waals surface area contributed by atoms with Crippen molar-refractivity contribution in [2.45, 2.75) is 51.0 Å². The second kappa shape index (κ2) is 7.18. The van der Waals surface area contributed by atoms with Crippen molar-refractivity contribution >= 4 is 11.6 Å². The minimum atomic E-state index is -0.534. The molecule has 2 aliphatic rings. The standard InChI is InChI=1S/C21H26N4O2/c1-15-22-18-10-14-25(13-9-17(18)19(26)23-15)20(27)21(11-5-6-12-21)24-16-7-3-2-4-8-16/h2-4,7-8,24H,5-6,9-14H2,1H3,(H,22,23,26). The first-order chi connectivity index (χ1) is 13.1. The molecule has 1 saturated carbocycles. The van der Waals surface area contributed by atoms with Crippen LogP contribution in [0.15, 0.2) is 35.1 Å². The van der Waals surface area contributed by atoms with E-state index in [0.717, 1.165) is 42.6 Å². The Bertz CT molecular complexity index is 885. The Morgan fingerprint density at radius 1 is 1.15 bits per heavy atom. The van der Waals surface area contributed by atoms with Gasteiger partial charge in [-0.1, -0.05) is 31.0 Å². The van der Waals surface area contributed by atoms with E-state index in [4.69, 9.17) is 0 Å². The molecule has 2 aromatic rings. The molecule has 0 unspecified atom stereocenters. The van der Waals surface area contributed by atoms with Crippen LogP contribution in [-0.4, -0.2) is 39.4 Å². The van der Waals surface area contributed by atoms with Crippen molar-refractivity contribution in [1.82, 2.24) is 14.9 Å². The van der Waals surface area contributed by atoms with E-state index in [1.807, 2.05) is 35.2 Å². The Labute approximate surface area is 159 Å². The van der Waals surface area contributed by atoms with Crippen LogP contribution in [0.4, 0.5) is 5.69 Å². The monoisotopic (exact) mass is 366 g/mol. The molecule has 1 aliphatic carbocycles. The Balaban J connectivity index is 1.56. The molecule has 1 fully saturated rings. The van der Waals surface area contributed by atoms with Gasteiger partial charge in [0.05, 0.1) is 5.69 Å². The van der Waals surface area contributed by atoms with Crippen molar-refractivity contribution in [3.05, 3.63) is 57.8 Å². The molecule has 0 spiro atoms. The summed E-state index contributed by atoms with van der Waals surface area (Å²) in [6.45, 7) is 2.98. The van der Waals surface area contributed by atoms with E-state index in [0.29, 0.717) is 31.8 Å². The van der Waals surface area contributed by atoms with Crippen LogP contribution in [0.25, 0.3) is 0 Å². The summed E-state index contributed by atoms with van der Waals surface area (Å²) >= 11 is 0. The molecular formula is C21H26N4O2. The fourth-order valence-electron chi connectivity index (χ4n) is 4.41. The third-order valence-corrected chi connectivity index (χ3v) is 5.78. The Morgan fingerprint density at radius 2 is 1.85 bits per heavy atom. The van der Waals surface area contributed by atoms with Crippen LogP contribution in [0.5, 0.6) is 0 Å². The summed E-state index contributed by atoms with van der Waals surface area (Å²) in [7, 11) is 0. The second-order valence-electron chi connectivity index (χ2n) is 7.65. The third kappa shape index (κ3) is 3.48. The van der Waals surface area contributed by atoms with Crippen LogP contribution < -0.4 is 10.9 Å². The molecule has 4 rings (SSSR count). The summed E-state index contributed by atoms with van der Waals surface area (Å²) in [4.78, 5) is 35.0. The van der Waals surface area contributed by atoms with Crippen LogP contribution in [-0.2, 0) is 17.6 Å². The number of aromatic amines is 1. The number of aryl methyl sites for hydroxylation is 1. The fourth-order valence-corrected chi connectivity index (χ4v) is 4.41. The predicted molar refractivity (Wildman–Crippen MR) is 105 cm³/mol. The number of H-pyrrole nitrogens is 1. The zero-order valence-electron chi connectivity index (χ0n) is 15.8. The van der Waals surface area contributed by atoms with E-state index in [2.05, 4.69) is 15.3 Å². The number of hydrogen-bond donors (Lipinski definition) is 2. The molecule has 0 atom stereocenters. The van der Waals surface area contributed by atoms with Gasteiger partial charge in [-0.25, -0.2) is 4.98 Å². The number of anilines is 1. The van der Waals surface area contributed by atoms with Crippen molar-refractivity contribution in [3.8, 4) is 0 Å². The van der Waals surface area contributed by atoms with Gasteiger partial charge in [-0.05, 0) is 38.3 Å². The van der Waals surface area contributed by atoms with Crippen LogP contribution in [0.1, 0.15) is 42.8 Å². The average Bonchev–Trinajstić information content (AvgIpc) is 3.02. The van der Waals surface area contributed by atoms with Gasteiger partial charge in [-0.2, -0.15) is 0 Å². The molecule has 27 heavy (non-hydrogen) atoms. The van der Waals surface area contributed by atoms with E-state index >= 15 is 0 Å². The SMILES string of the molecule is Cc1nc2c(c(=O)[nH]1)CCN(C(=O)C1(Nc3ccccc3)CCCC1)CC2. The molecule has 6 nitrogen and oxygen atoms in total. The molecular weight excluding hydrogens is 340 g/mol. The summed E-state index contributed by atoms with van der Waals surface area (Å²) in [6.07, 6.45) is 5.00. The lowest BCUT2D eigenvalue weighted by molar-refractivity contribution is -0.135. The number of nitrogens with one attached hydrogen (secondary N) is 2. The van der Waals surface area contributed by atoms with E-state index < -0.39 is 5.54 Å². The Morgan fingerprint density at radius 3 is 2.59 bits per heavy atom. The minimum Gasteiger partial charge on any atom is -0.371 e. The highest BCUT2D eigenvalue weighted by atomic mass is 16.2. The van der Waals surface area contributed by atoms with Crippen molar-refractivity contribution in [2.24, 2.45) is 0 Å². The number of fused-ring (bicyclic) bond motifs is 1. The van der Waals surface area contributed by atoms with Gasteiger partial charge < -0.3 is 15.2 Å². The normalized spacial score (nSPS) is 18.6. The molecule has 0 radical (unpaired) electrons. The maximum absolute atomic E-state index is 13.5. The van der Waals surface area contributed by atoms with Gasteiger partial charge in [0.2, 0.25) is 5.91 Å². The molecule has 1 aromatic heterocycles. The molecule has 6 heteroatoms. The first-order valence-corrected chi connectivity index (χ1v) is 9.79. The number of aromatic nitrogens is 2. The molecule has 1 aliphatic heterocycles. The van der Waals surface area contributed by atoms with Gasteiger partial charge in [-0.15, -0.1) is 0 Å². The molecule has 2 heterocycles. The Kier molecular flexibility index (Phi) is 4.72. The number of para-hydroxylation sites is 1. The van der Waals surface area contributed by atoms with E-state index in [9.17, 15) is 9.59 Å². The highest BCUT2D eigenvalue weighted by Crippen LogP contribution is 2.35. The summed E-state index contributed by atoms with van der Waals surface area (Å²) in [5.41, 5.74) is 1.95. The average molecular weight is 366 g/mol. The first kappa shape index (κ1) is 17.8. The van der Waals surface area contributed by atoms with Crippen molar-refractivity contribution < 1.29 is 4.79 Å². The first-order valence-electron chi connectivity index (χ1n) is 9.79. The highest BCUT2D eigenvalue weighted by molar-refractivity contribution is 5.90. The van der Waals surface area contributed by atoms with Crippen LogP contribution in [0.2, 0.25) is 0 Å². The van der Waals surface area contributed by atoms with Gasteiger partial charge in [0.15, 0.2) is 0 Å². The topological polar surface area (TPSA) is 78.1 Å². The van der Waals surface area contributed by atoms with Crippen molar-refractivity contribution in [2.75, 3.05) is 18.4 Å². The van der Waals surface area contributed by atoms with E-state index in [1.165, 1.54) is 0 Å². The smallest absolute Gasteiger partial charge is 0.254 e. The van der Waals surface area contributed by atoms with Gasteiger partial charge >= 0.3 is 0 Å². The number of rotatable bonds is 3. The zero-order valence-corrected chi connectivity index (χ0v) is 15.8. The van der Waals surface area contributed by atoms with Crippen molar-refractivity contribution in [1.29, 1.82) is 0 Å². The predicted octanol–water partition coefficient (Wildman–Crippen LogP) is 2.43. The van der Waals surface area contributed by atoms with Crippen LogP contribution >= 0.6 is 0 Å². The summed E-state index contributed by atoms with van der Waals surface area (Å²) in [5.74, 6) is 0.793. The summed E-state index contributed by atoms with van der Waals surface area (Å²) in [6, 6.07) is 9.97. The van der Waals surface area contributed by atoms with Gasteiger partial charge in [0.25, 0.3) is 5.56 Å². The minimum absolute atomic E-state index is 0.0650. The van der Waals surface area contributed by atoms with Crippen LogP contribution in [0.3, 0.4) is 0 Å². The maximum Gasteiger partial charge on any atom is 0.254 e. The number of hydrogen-bond acceptors (Lipinski definition) is 4. The molecule has 0 bridgehead atoms. The lowest BCUT2D eigenvalue weighted by Gasteiger charge is -2.35. The highest BCUT2D eigenvalue weighted by Gasteiger charge is 2.43. The molecule has 142 valence electrons. The van der Waals surface area contributed by atoms with Crippen LogP contribution in [0, 0.1) is 6.92 Å². The van der Waals surface area contributed by atoms with Gasteiger partial charge in [0, 0.05) is 30.8 Å². The Hall–Kier alpha value is -2.63. The molecule has 0 saturated heterocycles. The number of amides is 1. The van der Waals surface area contributed by atoms with E-state index in [1.54, 1.807) is 6.92 Å². The van der Waals surface area contributed by atoms with Gasteiger partial charge in [0.1, 0.15) is 11.4 Å². The second-order valence-corrected chi connectivity index (χ2v) is 7.65. The number of nitrogens with zero attached hydrogens (tertiary/aromatic N) is 2. The largest absolute Gasteiger partial charge is 0.371 e. The fraction of sp³-hybridized carbons (Fsp3) is 0.476. The molecule has 1 aromatic carbocycles. The molecule has 2 N–H and O–H groups in total. The number of benzene rings is 1. The quantitative estimate of drug-likeness (QED) is 0.875. The van der Waals surface area contributed by atoms with Crippen molar-refractivity contribution in [3.63, 3.8) is 0 Å². The van der Waals surface area contributed by atoms with Gasteiger partial charge in [-0.3, -0.25) is 9.59 Å². The summed E-state index contributed by atoms with van der Waals surface area (Å²) < 4.78 is 0.